The summed E-state index contributed by atoms with van der Waals surface area (Å²) in [5, 5.41) is 6.03. The molecule has 0 bridgehead atoms. The van der Waals surface area contributed by atoms with Crippen molar-refractivity contribution in [3.63, 3.8) is 0 Å². The molecule has 0 aromatic rings. The quantitative estimate of drug-likeness (QED) is 0.611. The van der Waals surface area contributed by atoms with E-state index >= 15 is 0 Å². The zero-order chi connectivity index (χ0) is 11.6. The molecule has 0 aromatic carbocycles. The fourth-order valence-corrected chi connectivity index (χ4v) is 1.80. The molecule has 1 aliphatic rings. The van der Waals surface area contributed by atoms with Crippen molar-refractivity contribution in [2.24, 2.45) is 0 Å². The number of amides is 1. The first kappa shape index (κ1) is 13.5. The monoisotopic (exact) mass is 228 g/mol. The summed E-state index contributed by atoms with van der Waals surface area (Å²) < 4.78 is 5.43. The molecule has 0 spiro atoms. The lowest BCUT2D eigenvalue weighted by Crippen LogP contribution is -2.38. The zero-order valence-electron chi connectivity index (χ0n) is 10.3. The number of hydrogen-bond acceptors (Lipinski definition) is 3. The smallest absolute Gasteiger partial charge is 0.234 e. The second-order valence-electron chi connectivity index (χ2n) is 4.32. The molecule has 16 heavy (non-hydrogen) atoms. The van der Waals surface area contributed by atoms with Crippen LogP contribution in [-0.2, 0) is 9.53 Å². The largest absolute Gasteiger partial charge is 0.376 e. The van der Waals surface area contributed by atoms with Crippen molar-refractivity contribution in [2.75, 3.05) is 26.2 Å². The highest BCUT2D eigenvalue weighted by molar-refractivity contribution is 5.77. The van der Waals surface area contributed by atoms with Gasteiger partial charge in [0.25, 0.3) is 0 Å². The summed E-state index contributed by atoms with van der Waals surface area (Å²) in [7, 11) is 0. The van der Waals surface area contributed by atoms with Crippen LogP contribution in [0.5, 0.6) is 0 Å². The van der Waals surface area contributed by atoms with E-state index in [1.165, 1.54) is 12.8 Å². The predicted molar refractivity (Wildman–Crippen MR) is 64.4 cm³/mol. The Labute approximate surface area is 98.1 Å². The fourth-order valence-electron chi connectivity index (χ4n) is 1.80. The van der Waals surface area contributed by atoms with Gasteiger partial charge in [-0.25, -0.2) is 0 Å². The molecule has 1 atom stereocenters. The summed E-state index contributed by atoms with van der Waals surface area (Å²) >= 11 is 0. The molecule has 1 heterocycles. The second kappa shape index (κ2) is 8.53. The second-order valence-corrected chi connectivity index (χ2v) is 4.32. The number of carbonyl (C=O) groups excluding carboxylic acids is 1. The van der Waals surface area contributed by atoms with E-state index in [0.717, 1.165) is 32.4 Å². The molecule has 1 amide bonds. The Balaban J connectivity index is 1.90. The Morgan fingerprint density at radius 3 is 3.00 bits per heavy atom. The molecular weight excluding hydrogens is 204 g/mol. The van der Waals surface area contributed by atoms with Crippen LogP contribution < -0.4 is 10.6 Å². The maximum absolute atomic E-state index is 11.4. The summed E-state index contributed by atoms with van der Waals surface area (Å²) in [6.45, 7) is 5.04. The summed E-state index contributed by atoms with van der Waals surface area (Å²) in [6.07, 6.45) is 6.02. The van der Waals surface area contributed by atoms with Crippen LogP contribution in [0.1, 0.15) is 39.0 Å². The van der Waals surface area contributed by atoms with Gasteiger partial charge in [-0.15, -0.1) is 0 Å². The van der Waals surface area contributed by atoms with E-state index < -0.39 is 0 Å². The topological polar surface area (TPSA) is 50.4 Å². The minimum Gasteiger partial charge on any atom is -0.376 e. The molecular formula is C12H24N2O2. The van der Waals surface area contributed by atoms with Crippen LogP contribution in [0.4, 0.5) is 0 Å². The van der Waals surface area contributed by atoms with Gasteiger partial charge in [-0.1, -0.05) is 19.8 Å². The normalized spacial score (nSPS) is 19.9. The SMILES string of the molecule is CCCCCNCC(=O)NCC1CCCO1. The third kappa shape index (κ3) is 6.08. The average molecular weight is 228 g/mol. The molecule has 4 heteroatoms. The van der Waals surface area contributed by atoms with Gasteiger partial charge >= 0.3 is 0 Å². The predicted octanol–water partition coefficient (Wildman–Crippen LogP) is 1.06. The van der Waals surface area contributed by atoms with Gasteiger partial charge in [0, 0.05) is 13.2 Å². The van der Waals surface area contributed by atoms with E-state index in [1.807, 2.05) is 0 Å². The first-order valence-electron chi connectivity index (χ1n) is 6.42. The van der Waals surface area contributed by atoms with Crippen LogP contribution in [-0.4, -0.2) is 38.3 Å². The summed E-state index contributed by atoms with van der Waals surface area (Å²) in [5.74, 6) is 0.0759. The van der Waals surface area contributed by atoms with Crippen molar-refractivity contribution in [1.29, 1.82) is 0 Å². The number of carbonyl (C=O) groups is 1. The van der Waals surface area contributed by atoms with Crippen molar-refractivity contribution in [3.8, 4) is 0 Å². The van der Waals surface area contributed by atoms with Gasteiger partial charge in [0.05, 0.1) is 12.6 Å². The van der Waals surface area contributed by atoms with Crippen molar-refractivity contribution in [1.82, 2.24) is 10.6 Å². The van der Waals surface area contributed by atoms with Crippen molar-refractivity contribution in [2.45, 2.75) is 45.1 Å². The maximum Gasteiger partial charge on any atom is 0.234 e. The van der Waals surface area contributed by atoms with Gasteiger partial charge < -0.3 is 15.4 Å². The molecule has 1 saturated heterocycles. The lowest BCUT2D eigenvalue weighted by Gasteiger charge is -2.11. The van der Waals surface area contributed by atoms with Crippen LogP contribution in [0.25, 0.3) is 0 Å². The molecule has 0 aromatic heterocycles. The Morgan fingerprint density at radius 1 is 1.44 bits per heavy atom. The highest BCUT2D eigenvalue weighted by Crippen LogP contribution is 2.10. The van der Waals surface area contributed by atoms with Gasteiger partial charge in [-0.05, 0) is 25.8 Å². The number of rotatable bonds is 8. The van der Waals surface area contributed by atoms with Gasteiger partial charge in [-0.3, -0.25) is 4.79 Å². The molecule has 94 valence electrons. The van der Waals surface area contributed by atoms with Crippen LogP contribution in [0.2, 0.25) is 0 Å². The summed E-state index contributed by atoms with van der Waals surface area (Å²) in [5.41, 5.74) is 0. The van der Waals surface area contributed by atoms with Crippen LogP contribution >= 0.6 is 0 Å². The summed E-state index contributed by atoms with van der Waals surface area (Å²) in [6, 6.07) is 0. The maximum atomic E-state index is 11.4. The Hall–Kier alpha value is -0.610. The van der Waals surface area contributed by atoms with E-state index in [1.54, 1.807) is 0 Å². The third-order valence-corrected chi connectivity index (χ3v) is 2.79. The van der Waals surface area contributed by atoms with Crippen LogP contribution in [0.3, 0.4) is 0 Å². The van der Waals surface area contributed by atoms with Crippen LogP contribution in [0, 0.1) is 0 Å². The number of nitrogens with one attached hydrogen (secondary N) is 2. The molecule has 1 unspecified atom stereocenters. The number of hydrogen-bond donors (Lipinski definition) is 2. The molecule has 0 aliphatic carbocycles. The lowest BCUT2D eigenvalue weighted by molar-refractivity contribution is -0.120. The molecule has 4 nitrogen and oxygen atoms in total. The molecule has 0 saturated carbocycles. The number of ether oxygens (including phenoxy) is 1. The highest BCUT2D eigenvalue weighted by Gasteiger charge is 2.15. The van der Waals surface area contributed by atoms with E-state index in [9.17, 15) is 4.79 Å². The van der Waals surface area contributed by atoms with Gasteiger partial charge in [0.1, 0.15) is 0 Å². The summed E-state index contributed by atoms with van der Waals surface area (Å²) in [4.78, 5) is 11.4. The molecule has 1 rings (SSSR count). The van der Waals surface area contributed by atoms with Crippen molar-refractivity contribution >= 4 is 5.91 Å². The van der Waals surface area contributed by atoms with Crippen molar-refractivity contribution in [3.05, 3.63) is 0 Å². The third-order valence-electron chi connectivity index (χ3n) is 2.79. The van der Waals surface area contributed by atoms with Crippen molar-refractivity contribution < 1.29 is 9.53 Å². The number of unbranched alkanes of at least 4 members (excludes halogenated alkanes) is 2. The van der Waals surface area contributed by atoms with E-state index in [2.05, 4.69) is 17.6 Å². The lowest BCUT2D eigenvalue weighted by atomic mass is 10.2. The molecule has 0 radical (unpaired) electrons. The first-order valence-corrected chi connectivity index (χ1v) is 6.42. The van der Waals surface area contributed by atoms with Crippen LogP contribution in [0.15, 0.2) is 0 Å². The van der Waals surface area contributed by atoms with Gasteiger partial charge in [-0.2, -0.15) is 0 Å². The highest BCUT2D eigenvalue weighted by atomic mass is 16.5. The molecule has 1 aliphatic heterocycles. The fraction of sp³-hybridized carbons (Fsp3) is 0.917. The molecule has 1 fully saturated rings. The van der Waals surface area contributed by atoms with E-state index in [0.29, 0.717) is 13.1 Å². The van der Waals surface area contributed by atoms with Gasteiger partial charge in [0.2, 0.25) is 5.91 Å². The first-order chi connectivity index (χ1) is 7.83. The Morgan fingerprint density at radius 2 is 2.31 bits per heavy atom. The Kier molecular flexibility index (Phi) is 7.17. The average Bonchev–Trinajstić information content (AvgIpc) is 2.79. The minimum absolute atomic E-state index is 0.0759. The standard InChI is InChI=1S/C12H24N2O2/c1-2-3-4-7-13-10-12(15)14-9-11-6-5-8-16-11/h11,13H,2-10H2,1H3,(H,14,15). The van der Waals surface area contributed by atoms with E-state index in [-0.39, 0.29) is 12.0 Å². The molecule has 2 N–H and O–H groups in total. The minimum atomic E-state index is 0.0759. The Bertz CT molecular complexity index is 191. The zero-order valence-corrected chi connectivity index (χ0v) is 10.3. The van der Waals surface area contributed by atoms with Gasteiger partial charge in [0.15, 0.2) is 0 Å². The van der Waals surface area contributed by atoms with E-state index in [4.69, 9.17) is 4.74 Å².